The largest absolute Gasteiger partial charge is 0.492 e. The van der Waals surface area contributed by atoms with Crippen molar-refractivity contribution in [1.29, 1.82) is 0 Å². The van der Waals surface area contributed by atoms with Gasteiger partial charge in [0.1, 0.15) is 22.7 Å². The number of aliphatic imine (C=N–C) groups is 1. The van der Waals surface area contributed by atoms with Gasteiger partial charge in [0.05, 0.1) is 42.9 Å². The first-order valence-corrected chi connectivity index (χ1v) is 13.1. The number of amides is 1. The number of thiophene rings is 1. The monoisotopic (exact) mass is 489 g/mol. The summed E-state index contributed by atoms with van der Waals surface area (Å²) >= 11 is 1.70. The summed E-state index contributed by atoms with van der Waals surface area (Å²) in [5, 5.41) is 4.61. The Morgan fingerprint density at radius 1 is 1.31 bits per heavy atom. The lowest BCUT2D eigenvalue weighted by Crippen LogP contribution is -2.68. The highest BCUT2D eigenvalue weighted by Crippen LogP contribution is 2.44. The van der Waals surface area contributed by atoms with Crippen molar-refractivity contribution in [3.05, 3.63) is 40.0 Å². The molecule has 8 nitrogen and oxygen atoms in total. The van der Waals surface area contributed by atoms with E-state index < -0.39 is 0 Å². The fraction of sp³-hybridized carbons (Fsp3) is 0.462. The molecule has 2 saturated heterocycles. The molecule has 5 heterocycles. The third kappa shape index (κ3) is 3.43. The van der Waals surface area contributed by atoms with E-state index in [0.717, 1.165) is 78.6 Å². The van der Waals surface area contributed by atoms with Crippen molar-refractivity contribution in [2.24, 2.45) is 16.3 Å². The molecule has 1 spiro atoms. The first-order valence-electron chi connectivity index (χ1n) is 12.3. The normalized spacial score (nSPS) is 21.4. The molecule has 9 heteroatoms. The highest BCUT2D eigenvalue weighted by molar-refractivity contribution is 7.19. The number of hydrogen-bond donors (Lipinski definition) is 1. The van der Waals surface area contributed by atoms with Crippen LogP contribution in [0.4, 0.5) is 11.5 Å². The number of carbonyl (C=O) groups is 1. The molecule has 0 saturated carbocycles. The van der Waals surface area contributed by atoms with Gasteiger partial charge in [-0.3, -0.25) is 9.79 Å². The number of rotatable bonds is 5. The summed E-state index contributed by atoms with van der Waals surface area (Å²) in [6.07, 6.45) is 6.04. The number of nitrogens with one attached hydrogen (secondary N) is 1. The average Bonchev–Trinajstić information content (AvgIpc) is 3.41. The number of ether oxygens (including phenoxy) is 2. The van der Waals surface area contributed by atoms with Crippen LogP contribution in [0.15, 0.2) is 23.5 Å². The molecule has 3 aromatic rings. The summed E-state index contributed by atoms with van der Waals surface area (Å²) in [5.74, 6) is 1.96. The maximum Gasteiger partial charge on any atom is 0.226 e. The molecule has 4 aliphatic rings. The van der Waals surface area contributed by atoms with E-state index in [9.17, 15) is 4.79 Å². The molecular weight excluding hydrogens is 462 g/mol. The molecule has 1 N–H and O–H groups in total. The van der Waals surface area contributed by atoms with E-state index >= 15 is 0 Å². The van der Waals surface area contributed by atoms with E-state index in [1.54, 1.807) is 17.7 Å². The molecule has 0 radical (unpaired) electrons. The Morgan fingerprint density at radius 2 is 2.20 bits per heavy atom. The van der Waals surface area contributed by atoms with Crippen molar-refractivity contribution >= 4 is 45.2 Å². The molecule has 180 valence electrons. The van der Waals surface area contributed by atoms with Crippen molar-refractivity contribution in [3.8, 4) is 5.75 Å². The first kappa shape index (κ1) is 21.3. The summed E-state index contributed by atoms with van der Waals surface area (Å²) in [6, 6.07) is 4.16. The van der Waals surface area contributed by atoms with Gasteiger partial charge in [0.25, 0.3) is 0 Å². The Kier molecular flexibility index (Phi) is 4.86. The zero-order valence-corrected chi connectivity index (χ0v) is 20.5. The molecule has 2 fully saturated rings. The van der Waals surface area contributed by atoms with Gasteiger partial charge in [0.2, 0.25) is 5.91 Å². The van der Waals surface area contributed by atoms with Crippen LogP contribution in [-0.2, 0) is 28.9 Å². The first-order chi connectivity index (χ1) is 17.1. The number of nitrogens with zero attached hydrogens (tertiary/aromatic N) is 4. The number of likely N-dealkylation sites (tertiary alicyclic amines) is 1. The zero-order valence-electron chi connectivity index (χ0n) is 19.7. The predicted molar refractivity (Wildman–Crippen MR) is 135 cm³/mol. The van der Waals surface area contributed by atoms with Crippen LogP contribution < -0.4 is 10.1 Å². The Balaban J connectivity index is 1.17. The Bertz CT molecular complexity index is 1370. The van der Waals surface area contributed by atoms with E-state index in [-0.39, 0.29) is 11.3 Å². The van der Waals surface area contributed by atoms with Crippen LogP contribution in [0.1, 0.15) is 34.9 Å². The number of carbonyl (C=O) groups excluding carboxylic acids is 1. The number of aromatic nitrogens is 2. The number of aryl methyl sites for hydroxylation is 1. The van der Waals surface area contributed by atoms with Crippen molar-refractivity contribution in [1.82, 2.24) is 14.9 Å². The van der Waals surface area contributed by atoms with E-state index in [1.807, 2.05) is 18.0 Å². The fourth-order valence-corrected chi connectivity index (χ4v) is 7.07. The second-order valence-electron chi connectivity index (χ2n) is 10.1. The number of fused-ring (bicyclic) bond motifs is 4. The van der Waals surface area contributed by atoms with Gasteiger partial charge in [0.15, 0.2) is 0 Å². The van der Waals surface area contributed by atoms with Crippen LogP contribution in [0.3, 0.4) is 0 Å². The molecule has 0 bridgehead atoms. The van der Waals surface area contributed by atoms with Gasteiger partial charge in [-0.15, -0.1) is 11.3 Å². The summed E-state index contributed by atoms with van der Waals surface area (Å²) in [5.41, 5.74) is 4.71. The lowest BCUT2D eigenvalue weighted by molar-refractivity contribution is -0.197. The second-order valence-corrected chi connectivity index (χ2v) is 11.2. The highest BCUT2D eigenvalue weighted by atomic mass is 32.1. The topological polar surface area (TPSA) is 88.9 Å². The Labute approximate surface area is 207 Å². The fourth-order valence-electron chi connectivity index (χ4n) is 5.80. The molecule has 1 amide bonds. The van der Waals surface area contributed by atoms with Crippen molar-refractivity contribution in [2.75, 3.05) is 38.2 Å². The second kappa shape index (κ2) is 7.99. The molecule has 35 heavy (non-hydrogen) atoms. The molecule has 1 aromatic carbocycles. The maximum absolute atomic E-state index is 13.2. The summed E-state index contributed by atoms with van der Waals surface area (Å²) in [6.45, 7) is 6.59. The van der Waals surface area contributed by atoms with Gasteiger partial charge in [0, 0.05) is 30.1 Å². The predicted octanol–water partition coefficient (Wildman–Crippen LogP) is 3.73. The lowest BCUT2D eigenvalue weighted by atomic mass is 9.76. The molecule has 2 aromatic heterocycles. The summed E-state index contributed by atoms with van der Waals surface area (Å²) < 4.78 is 11.3. The van der Waals surface area contributed by atoms with Crippen LogP contribution in [0.25, 0.3) is 10.2 Å². The van der Waals surface area contributed by atoms with Crippen molar-refractivity contribution < 1.29 is 14.3 Å². The molecule has 7 rings (SSSR count). The number of benzene rings is 1. The minimum Gasteiger partial charge on any atom is -0.492 e. The van der Waals surface area contributed by atoms with Crippen LogP contribution in [0, 0.1) is 11.3 Å². The van der Waals surface area contributed by atoms with E-state index in [4.69, 9.17) is 9.47 Å². The minimum atomic E-state index is 0.0545. The molecule has 1 aliphatic carbocycles. The van der Waals surface area contributed by atoms with Gasteiger partial charge < -0.3 is 19.7 Å². The van der Waals surface area contributed by atoms with Crippen molar-refractivity contribution in [2.45, 2.75) is 32.7 Å². The van der Waals surface area contributed by atoms with Crippen LogP contribution in [-0.4, -0.2) is 59.9 Å². The summed E-state index contributed by atoms with van der Waals surface area (Å²) in [4.78, 5) is 31.0. The van der Waals surface area contributed by atoms with Crippen LogP contribution >= 0.6 is 11.3 Å². The number of hydrogen-bond acceptors (Lipinski definition) is 8. The van der Waals surface area contributed by atoms with Crippen LogP contribution in [0.2, 0.25) is 0 Å². The van der Waals surface area contributed by atoms with Gasteiger partial charge in [-0.05, 0) is 55.0 Å². The zero-order chi connectivity index (χ0) is 23.6. The van der Waals surface area contributed by atoms with Gasteiger partial charge >= 0.3 is 0 Å². The molecule has 1 unspecified atom stereocenters. The molecular formula is C26H27N5O3S. The van der Waals surface area contributed by atoms with Gasteiger partial charge in [-0.25, -0.2) is 9.97 Å². The SMILES string of the molecule is CCOc1cc2c(cc1Nc1ncnc3sc4c(c13)CCC(C(=O)N1CC3(COC3)C1)C4)C=NC2. The van der Waals surface area contributed by atoms with E-state index in [2.05, 4.69) is 32.4 Å². The van der Waals surface area contributed by atoms with Gasteiger partial charge in [-0.2, -0.15) is 0 Å². The minimum absolute atomic E-state index is 0.0545. The van der Waals surface area contributed by atoms with E-state index in [0.29, 0.717) is 19.1 Å². The Morgan fingerprint density at radius 3 is 3.00 bits per heavy atom. The quantitative estimate of drug-likeness (QED) is 0.588. The van der Waals surface area contributed by atoms with E-state index in [1.165, 1.54) is 16.0 Å². The molecule has 1 atom stereocenters. The smallest absolute Gasteiger partial charge is 0.226 e. The average molecular weight is 490 g/mol. The van der Waals surface area contributed by atoms with Crippen LogP contribution in [0.5, 0.6) is 5.75 Å². The standard InChI is InChI=1S/C26H27N5O3S/c1-2-34-20-6-17-9-27-8-16(17)5-19(20)30-23-22-18-4-3-15(7-21(18)35-24(22)29-14-28-23)25(32)31-10-26(11-31)12-33-13-26/h5-6,8,14-15H,2-4,7,9-13H2,1H3,(H,28,29,30). The van der Waals surface area contributed by atoms with Crippen molar-refractivity contribution in [3.63, 3.8) is 0 Å². The summed E-state index contributed by atoms with van der Waals surface area (Å²) in [7, 11) is 0. The Hall–Kier alpha value is -3.04. The molecule has 3 aliphatic heterocycles. The lowest BCUT2D eigenvalue weighted by Gasteiger charge is -2.55. The third-order valence-corrected chi connectivity index (χ3v) is 8.82. The number of anilines is 2. The highest BCUT2D eigenvalue weighted by Gasteiger charge is 2.51. The van der Waals surface area contributed by atoms with Gasteiger partial charge in [-0.1, -0.05) is 0 Å². The third-order valence-electron chi connectivity index (χ3n) is 7.66. The maximum atomic E-state index is 13.2.